The highest BCUT2D eigenvalue weighted by Crippen LogP contribution is 2.31. The van der Waals surface area contributed by atoms with Gasteiger partial charge in [0.15, 0.2) is 0 Å². The van der Waals surface area contributed by atoms with Crippen LogP contribution in [-0.4, -0.2) is 55.5 Å². The summed E-state index contributed by atoms with van der Waals surface area (Å²) in [6.07, 6.45) is 6.50. The lowest BCUT2D eigenvalue weighted by atomic mass is 9.88. The molecule has 1 atom stereocenters. The average molecular weight is 376 g/mol. The summed E-state index contributed by atoms with van der Waals surface area (Å²) in [5.41, 5.74) is -0.0344. The van der Waals surface area contributed by atoms with Crippen LogP contribution in [0.15, 0.2) is 0 Å². The number of hydrogen-bond donors (Lipinski definition) is 2. The van der Waals surface area contributed by atoms with Gasteiger partial charge in [-0.2, -0.15) is 0 Å². The molecule has 23 heavy (non-hydrogen) atoms. The van der Waals surface area contributed by atoms with Crippen molar-refractivity contribution in [1.82, 2.24) is 15.5 Å². The van der Waals surface area contributed by atoms with E-state index in [-0.39, 0.29) is 36.3 Å². The number of hydrogen-bond acceptors (Lipinski definition) is 3. The third kappa shape index (κ3) is 6.00. The molecule has 4 nitrogen and oxygen atoms in total. The summed E-state index contributed by atoms with van der Waals surface area (Å²) >= 11 is 0. The molecular weight excluding hydrogens is 347 g/mol. The van der Waals surface area contributed by atoms with E-state index < -0.39 is 24.9 Å². The minimum atomic E-state index is -2.76. The minimum absolute atomic E-state index is 0. The van der Waals surface area contributed by atoms with Crippen molar-refractivity contribution in [3.8, 4) is 0 Å². The lowest BCUT2D eigenvalue weighted by Gasteiger charge is -2.40. The average Bonchev–Trinajstić information content (AvgIpc) is 2.64. The number of halogens is 4. The van der Waals surface area contributed by atoms with E-state index in [0.717, 1.165) is 25.7 Å². The number of carbonyl (C=O) groups excluding carboxylic acids is 1. The number of rotatable bonds is 4. The van der Waals surface area contributed by atoms with Gasteiger partial charge < -0.3 is 10.2 Å². The fraction of sp³-hybridized carbons (Fsp3) is 0.933. The highest BCUT2D eigenvalue weighted by atomic mass is 35.5. The van der Waals surface area contributed by atoms with E-state index in [0.29, 0.717) is 6.54 Å². The van der Waals surface area contributed by atoms with Gasteiger partial charge in [-0.05, 0) is 26.9 Å². The Bertz CT molecular complexity index is 376. The van der Waals surface area contributed by atoms with E-state index in [2.05, 4.69) is 15.5 Å². The highest BCUT2D eigenvalue weighted by Gasteiger charge is 2.43. The number of alkyl halides is 2. The summed E-state index contributed by atoms with van der Waals surface area (Å²) in [5.74, 6) is -3.05. The van der Waals surface area contributed by atoms with E-state index in [1.165, 1.54) is 12.8 Å². The molecule has 0 aromatic carbocycles. The molecule has 0 spiro atoms. The molecule has 2 fully saturated rings. The van der Waals surface area contributed by atoms with Gasteiger partial charge >= 0.3 is 0 Å². The maximum absolute atomic E-state index is 13.2. The second-order valence-electron chi connectivity index (χ2n) is 6.74. The van der Waals surface area contributed by atoms with E-state index >= 15 is 0 Å². The Hall–Kier alpha value is -0.170. The van der Waals surface area contributed by atoms with Crippen molar-refractivity contribution in [1.29, 1.82) is 0 Å². The zero-order valence-electron chi connectivity index (χ0n) is 13.9. The van der Waals surface area contributed by atoms with Gasteiger partial charge in [-0.25, -0.2) is 8.78 Å². The van der Waals surface area contributed by atoms with Crippen LogP contribution in [0.25, 0.3) is 0 Å². The number of amides is 1. The second-order valence-corrected chi connectivity index (χ2v) is 6.74. The minimum Gasteiger partial charge on any atom is -0.353 e. The molecule has 0 radical (unpaired) electrons. The molecule has 0 aromatic rings. The van der Waals surface area contributed by atoms with Crippen LogP contribution >= 0.6 is 24.8 Å². The van der Waals surface area contributed by atoms with Crippen LogP contribution < -0.4 is 10.6 Å². The molecule has 1 aliphatic heterocycles. The Morgan fingerprint density at radius 3 is 2.17 bits per heavy atom. The van der Waals surface area contributed by atoms with Crippen LogP contribution in [0.2, 0.25) is 0 Å². The first-order chi connectivity index (χ1) is 9.85. The SMILES string of the molecule is CN(C)C1(CNC(=O)C2CC(F)(F)CN2)CCCCCC1.Cl.Cl. The first-order valence-corrected chi connectivity index (χ1v) is 7.91. The van der Waals surface area contributed by atoms with Gasteiger partial charge in [-0.3, -0.25) is 10.1 Å². The molecule has 1 saturated heterocycles. The first kappa shape index (κ1) is 22.8. The molecule has 1 aliphatic carbocycles. The summed E-state index contributed by atoms with van der Waals surface area (Å²) < 4.78 is 26.3. The van der Waals surface area contributed by atoms with E-state index in [9.17, 15) is 13.6 Å². The van der Waals surface area contributed by atoms with Crippen LogP contribution in [0.3, 0.4) is 0 Å². The molecule has 1 heterocycles. The van der Waals surface area contributed by atoms with Crippen molar-refractivity contribution in [2.45, 2.75) is 62.4 Å². The molecule has 2 aliphatic rings. The van der Waals surface area contributed by atoms with E-state index in [1.807, 2.05) is 14.1 Å². The van der Waals surface area contributed by atoms with Crippen LogP contribution in [0.5, 0.6) is 0 Å². The fourth-order valence-electron chi connectivity index (χ4n) is 3.44. The molecule has 1 saturated carbocycles. The number of nitrogens with one attached hydrogen (secondary N) is 2. The normalized spacial score (nSPS) is 25.9. The van der Waals surface area contributed by atoms with Crippen molar-refractivity contribution < 1.29 is 13.6 Å². The van der Waals surface area contributed by atoms with Gasteiger partial charge in [0.2, 0.25) is 5.91 Å². The molecule has 0 aromatic heterocycles. The third-order valence-electron chi connectivity index (χ3n) is 5.00. The van der Waals surface area contributed by atoms with Gasteiger partial charge in [-0.15, -0.1) is 24.8 Å². The molecular formula is C15H29Cl2F2N3O. The third-order valence-corrected chi connectivity index (χ3v) is 5.00. The van der Waals surface area contributed by atoms with Gasteiger partial charge in [0.1, 0.15) is 0 Å². The fourth-order valence-corrected chi connectivity index (χ4v) is 3.44. The van der Waals surface area contributed by atoms with Crippen molar-refractivity contribution in [2.24, 2.45) is 0 Å². The van der Waals surface area contributed by atoms with Crippen molar-refractivity contribution in [3.63, 3.8) is 0 Å². The number of likely N-dealkylation sites (N-methyl/N-ethyl adjacent to an activating group) is 1. The Balaban J connectivity index is 0.00000242. The van der Waals surface area contributed by atoms with Gasteiger partial charge in [0, 0.05) is 18.5 Å². The molecule has 2 N–H and O–H groups in total. The largest absolute Gasteiger partial charge is 0.353 e. The topological polar surface area (TPSA) is 44.4 Å². The summed E-state index contributed by atoms with van der Waals surface area (Å²) in [4.78, 5) is 14.3. The number of nitrogens with zero attached hydrogens (tertiary/aromatic N) is 1. The Labute approximate surface area is 149 Å². The van der Waals surface area contributed by atoms with Crippen LogP contribution in [0.4, 0.5) is 8.78 Å². The monoisotopic (exact) mass is 375 g/mol. The predicted molar refractivity (Wildman–Crippen MR) is 93.0 cm³/mol. The highest BCUT2D eigenvalue weighted by molar-refractivity contribution is 5.85. The standard InChI is InChI=1S/C15H27F2N3O.2ClH/c1-20(2)14(7-5-3-4-6-8-14)10-19-13(21)12-9-15(16,17)11-18-12;;/h12,18H,3-11H2,1-2H3,(H,19,21);2*1H. The van der Waals surface area contributed by atoms with Gasteiger partial charge in [-0.1, -0.05) is 25.7 Å². The number of carbonyl (C=O) groups is 1. The maximum atomic E-state index is 13.2. The Kier molecular flexibility index (Phi) is 9.28. The lowest BCUT2D eigenvalue weighted by Crippen LogP contribution is -2.54. The predicted octanol–water partition coefficient (Wildman–Crippen LogP) is 2.60. The molecule has 1 amide bonds. The van der Waals surface area contributed by atoms with Crippen molar-refractivity contribution in [3.05, 3.63) is 0 Å². The summed E-state index contributed by atoms with van der Waals surface area (Å²) in [6.45, 7) is 0.145. The van der Waals surface area contributed by atoms with Gasteiger partial charge in [0.05, 0.1) is 12.6 Å². The van der Waals surface area contributed by atoms with Crippen LogP contribution in [0.1, 0.15) is 44.9 Å². The van der Waals surface area contributed by atoms with E-state index in [4.69, 9.17) is 0 Å². The molecule has 1 unspecified atom stereocenters. The molecule has 0 bridgehead atoms. The smallest absolute Gasteiger partial charge is 0.262 e. The zero-order chi connectivity index (χ0) is 15.5. The Morgan fingerprint density at radius 1 is 1.17 bits per heavy atom. The van der Waals surface area contributed by atoms with Crippen LogP contribution in [0, 0.1) is 0 Å². The molecule has 8 heteroatoms. The van der Waals surface area contributed by atoms with Crippen LogP contribution in [-0.2, 0) is 4.79 Å². The summed E-state index contributed by atoms with van der Waals surface area (Å²) in [7, 11) is 4.08. The lowest BCUT2D eigenvalue weighted by molar-refractivity contribution is -0.124. The van der Waals surface area contributed by atoms with Gasteiger partial charge in [0.25, 0.3) is 5.92 Å². The Morgan fingerprint density at radius 2 is 1.74 bits per heavy atom. The quantitative estimate of drug-likeness (QED) is 0.742. The van der Waals surface area contributed by atoms with Crippen molar-refractivity contribution in [2.75, 3.05) is 27.2 Å². The van der Waals surface area contributed by atoms with E-state index in [1.54, 1.807) is 0 Å². The molecule has 2 rings (SSSR count). The summed E-state index contributed by atoms with van der Waals surface area (Å²) in [6, 6.07) is -0.759. The zero-order valence-corrected chi connectivity index (χ0v) is 15.5. The first-order valence-electron chi connectivity index (χ1n) is 7.91. The second kappa shape index (κ2) is 9.35. The van der Waals surface area contributed by atoms with Crippen molar-refractivity contribution >= 4 is 30.7 Å². The summed E-state index contributed by atoms with van der Waals surface area (Å²) in [5, 5.41) is 5.52. The maximum Gasteiger partial charge on any atom is 0.262 e. The molecule has 138 valence electrons.